The summed E-state index contributed by atoms with van der Waals surface area (Å²) >= 11 is 0. The van der Waals surface area contributed by atoms with Crippen molar-refractivity contribution in [1.29, 1.82) is 0 Å². The minimum atomic E-state index is -1.19. The summed E-state index contributed by atoms with van der Waals surface area (Å²) in [5.74, 6) is -1.19. The van der Waals surface area contributed by atoms with Crippen LogP contribution in [0.5, 0.6) is 0 Å². The Labute approximate surface area is 58.8 Å². The number of aliphatic carboxylic acids is 1. The predicted octanol–water partition coefficient (Wildman–Crippen LogP) is -3.82. The molecule has 0 amide bonds. The van der Waals surface area contributed by atoms with E-state index in [1.54, 1.807) is 0 Å². The normalized spacial score (nSPS) is 6.17. The standard InChI is InChI=1S/C2H4O3.Na.H/c3-1-2(4)5;;/h3H,1H2,(H,4,5);;/q;+1;-1. The second kappa shape index (κ2) is 5.43. The molecule has 0 saturated carbocycles. The van der Waals surface area contributed by atoms with Crippen LogP contribution in [-0.2, 0) is 4.79 Å². The van der Waals surface area contributed by atoms with Crippen molar-refractivity contribution in [2.45, 2.75) is 0 Å². The zero-order valence-corrected chi connectivity index (χ0v) is 5.51. The number of carbonyl (C=O) groups is 1. The average Bonchev–Trinajstić information content (AvgIpc) is 1.38. The van der Waals surface area contributed by atoms with Crippen LogP contribution in [-0.4, -0.2) is 22.8 Å². The van der Waals surface area contributed by atoms with E-state index in [2.05, 4.69) is 0 Å². The number of aliphatic hydroxyl groups excluding tert-OH is 1. The second-order valence-corrected chi connectivity index (χ2v) is 0.552. The first-order valence-corrected chi connectivity index (χ1v) is 1.10. The van der Waals surface area contributed by atoms with Gasteiger partial charge in [0.25, 0.3) is 0 Å². The van der Waals surface area contributed by atoms with E-state index in [0.29, 0.717) is 0 Å². The second-order valence-electron chi connectivity index (χ2n) is 0.552. The van der Waals surface area contributed by atoms with Crippen molar-refractivity contribution in [3.05, 3.63) is 0 Å². The molecule has 4 heteroatoms. The van der Waals surface area contributed by atoms with E-state index in [9.17, 15) is 0 Å². The number of hydrogen-bond donors (Lipinski definition) is 2. The molecule has 0 spiro atoms. The van der Waals surface area contributed by atoms with Gasteiger partial charge in [-0.2, -0.15) is 0 Å². The van der Waals surface area contributed by atoms with Crippen LogP contribution >= 0.6 is 0 Å². The Morgan fingerprint density at radius 1 is 1.83 bits per heavy atom. The molecule has 2 N–H and O–H groups in total. The SMILES string of the molecule is O=C(O)CO.[H-].[Na+]. The maximum Gasteiger partial charge on any atom is 1.00 e. The van der Waals surface area contributed by atoms with Gasteiger partial charge in [0.2, 0.25) is 0 Å². The zero-order valence-electron chi connectivity index (χ0n) is 4.51. The molecular formula is C2H5NaO3. The molecule has 0 aliphatic heterocycles. The van der Waals surface area contributed by atoms with E-state index in [1.807, 2.05) is 0 Å². The molecule has 6 heavy (non-hydrogen) atoms. The Morgan fingerprint density at radius 2 is 2.00 bits per heavy atom. The molecule has 32 valence electrons. The van der Waals surface area contributed by atoms with Crippen molar-refractivity contribution < 1.29 is 46.0 Å². The van der Waals surface area contributed by atoms with Crippen molar-refractivity contribution in [3.8, 4) is 0 Å². The molecule has 0 aromatic heterocycles. The third-order valence-corrected chi connectivity index (χ3v) is 0.135. The van der Waals surface area contributed by atoms with Crippen LogP contribution in [0.2, 0.25) is 0 Å². The van der Waals surface area contributed by atoms with Crippen LogP contribution in [0.15, 0.2) is 0 Å². The molecule has 3 nitrogen and oxygen atoms in total. The van der Waals surface area contributed by atoms with Gasteiger partial charge in [0.15, 0.2) is 0 Å². The maximum atomic E-state index is 9.12. The molecule has 0 bridgehead atoms. The number of rotatable bonds is 1. The van der Waals surface area contributed by atoms with Gasteiger partial charge in [0.1, 0.15) is 6.61 Å². The summed E-state index contributed by atoms with van der Waals surface area (Å²) in [5.41, 5.74) is 0. The molecule has 0 rings (SSSR count). The first-order valence-electron chi connectivity index (χ1n) is 1.10. The Hall–Kier alpha value is 0.430. The molecule has 0 aliphatic carbocycles. The Kier molecular flexibility index (Phi) is 8.74. The van der Waals surface area contributed by atoms with Gasteiger partial charge in [-0.3, -0.25) is 0 Å². The van der Waals surface area contributed by atoms with Crippen LogP contribution in [0.1, 0.15) is 1.43 Å². The summed E-state index contributed by atoms with van der Waals surface area (Å²) in [4.78, 5) is 9.12. The Balaban J connectivity index is -0.0000000800. The van der Waals surface area contributed by atoms with Crippen molar-refractivity contribution in [2.75, 3.05) is 6.61 Å². The number of hydrogen-bond acceptors (Lipinski definition) is 2. The smallest absolute Gasteiger partial charge is 1.00 e. The molecule has 0 aromatic rings. The fraction of sp³-hybridized carbons (Fsp3) is 0.500. The van der Waals surface area contributed by atoms with Crippen molar-refractivity contribution >= 4 is 5.97 Å². The third kappa shape index (κ3) is 8.83. The summed E-state index contributed by atoms with van der Waals surface area (Å²) in [7, 11) is 0. The van der Waals surface area contributed by atoms with E-state index in [4.69, 9.17) is 15.0 Å². The van der Waals surface area contributed by atoms with Gasteiger partial charge < -0.3 is 11.6 Å². The molecule has 0 saturated heterocycles. The molecule has 0 heterocycles. The summed E-state index contributed by atoms with van der Waals surface area (Å²) in [6, 6.07) is 0. The largest absolute Gasteiger partial charge is 1.00 e. The van der Waals surface area contributed by atoms with E-state index < -0.39 is 12.6 Å². The van der Waals surface area contributed by atoms with Crippen molar-refractivity contribution in [3.63, 3.8) is 0 Å². The monoisotopic (exact) mass is 100 g/mol. The van der Waals surface area contributed by atoms with Gasteiger partial charge >= 0.3 is 35.5 Å². The molecular weight excluding hydrogens is 95.0 g/mol. The molecule has 0 aromatic carbocycles. The van der Waals surface area contributed by atoms with E-state index in [0.717, 1.165) is 0 Å². The Morgan fingerprint density at radius 3 is 2.00 bits per heavy atom. The fourth-order valence-electron chi connectivity index (χ4n) is 0. The van der Waals surface area contributed by atoms with E-state index in [1.165, 1.54) is 0 Å². The number of carboxylic acids is 1. The summed E-state index contributed by atoms with van der Waals surface area (Å²) in [6.07, 6.45) is 0. The third-order valence-electron chi connectivity index (χ3n) is 0.135. The number of aliphatic hydroxyl groups is 1. The van der Waals surface area contributed by atoms with Gasteiger partial charge in [0.05, 0.1) is 0 Å². The van der Waals surface area contributed by atoms with Gasteiger partial charge in [-0.05, 0) is 0 Å². The summed E-state index contributed by atoms with van der Waals surface area (Å²) in [6.45, 7) is -0.778. The molecule has 0 fully saturated rings. The molecule has 0 atom stereocenters. The first-order chi connectivity index (χ1) is 2.27. The summed E-state index contributed by atoms with van der Waals surface area (Å²) in [5, 5.41) is 15.0. The average molecular weight is 100 g/mol. The topological polar surface area (TPSA) is 57.5 Å². The molecule has 0 aliphatic rings. The van der Waals surface area contributed by atoms with Crippen molar-refractivity contribution in [2.24, 2.45) is 0 Å². The minimum Gasteiger partial charge on any atom is -1.00 e. The van der Waals surface area contributed by atoms with Crippen LogP contribution in [0.4, 0.5) is 0 Å². The Bertz CT molecular complexity index is 48.2. The van der Waals surface area contributed by atoms with Gasteiger partial charge in [-0.25, -0.2) is 4.79 Å². The van der Waals surface area contributed by atoms with Gasteiger partial charge in [-0.1, -0.05) is 0 Å². The maximum absolute atomic E-state index is 9.12. The summed E-state index contributed by atoms with van der Waals surface area (Å²) < 4.78 is 0. The van der Waals surface area contributed by atoms with Crippen LogP contribution in [0.25, 0.3) is 0 Å². The first kappa shape index (κ1) is 9.66. The number of carboxylic acid groups (broad SMARTS) is 1. The van der Waals surface area contributed by atoms with Gasteiger partial charge in [0, 0.05) is 0 Å². The van der Waals surface area contributed by atoms with Crippen molar-refractivity contribution in [1.82, 2.24) is 0 Å². The fourth-order valence-corrected chi connectivity index (χ4v) is 0. The van der Waals surface area contributed by atoms with Crippen LogP contribution < -0.4 is 29.6 Å². The van der Waals surface area contributed by atoms with Gasteiger partial charge in [-0.15, -0.1) is 0 Å². The minimum absolute atomic E-state index is 0. The molecule has 0 unspecified atom stereocenters. The predicted molar refractivity (Wildman–Crippen MR) is 15.8 cm³/mol. The van der Waals surface area contributed by atoms with Crippen LogP contribution in [0.3, 0.4) is 0 Å². The quantitative estimate of drug-likeness (QED) is 0.332. The zero-order chi connectivity index (χ0) is 4.28. The van der Waals surface area contributed by atoms with E-state index in [-0.39, 0.29) is 31.0 Å². The van der Waals surface area contributed by atoms with Crippen LogP contribution in [0, 0.1) is 0 Å². The molecule has 0 radical (unpaired) electrons. The van der Waals surface area contributed by atoms with E-state index >= 15 is 0 Å².